The number of ether oxygens (including phenoxy) is 3. The van der Waals surface area contributed by atoms with Crippen LogP contribution in [0.4, 0.5) is 10.5 Å². The summed E-state index contributed by atoms with van der Waals surface area (Å²) in [7, 11) is 3.19. The number of carbonyl (C=O) groups excluding carboxylic acids is 1. The van der Waals surface area contributed by atoms with Crippen LogP contribution in [0.5, 0.6) is 11.5 Å². The normalized spacial score (nSPS) is 15.6. The van der Waals surface area contributed by atoms with Gasteiger partial charge in [-0.15, -0.1) is 0 Å². The lowest BCUT2D eigenvalue weighted by Crippen LogP contribution is -2.50. The number of piperazine rings is 1. The summed E-state index contributed by atoms with van der Waals surface area (Å²) in [4.78, 5) is 20.6. The van der Waals surface area contributed by atoms with Crippen molar-refractivity contribution in [2.45, 2.75) is 32.8 Å². The molecule has 0 unspecified atom stereocenters. The van der Waals surface area contributed by atoms with Crippen molar-refractivity contribution in [2.24, 2.45) is 10.7 Å². The van der Waals surface area contributed by atoms with E-state index in [1.165, 1.54) is 0 Å². The minimum Gasteiger partial charge on any atom is -0.493 e. The molecule has 1 aromatic rings. The number of nitrogens with two attached hydrogens (primary N) is 1. The van der Waals surface area contributed by atoms with Crippen molar-refractivity contribution in [3.63, 3.8) is 0 Å². The van der Waals surface area contributed by atoms with Gasteiger partial charge in [-0.3, -0.25) is 9.89 Å². The number of hydrogen-bond acceptors (Lipinski definition) is 6. The third kappa shape index (κ3) is 7.62. The molecule has 2 rings (SSSR count). The number of methoxy groups -OCH3 is 2. The fourth-order valence-electron chi connectivity index (χ4n) is 3.08. The maximum absolute atomic E-state index is 12.1. The largest absolute Gasteiger partial charge is 0.493 e. The van der Waals surface area contributed by atoms with Crippen LogP contribution >= 0.6 is 0 Å². The lowest BCUT2D eigenvalue weighted by molar-refractivity contribution is 0.0145. The van der Waals surface area contributed by atoms with E-state index >= 15 is 0 Å². The van der Waals surface area contributed by atoms with Crippen molar-refractivity contribution in [3.05, 3.63) is 18.2 Å². The summed E-state index contributed by atoms with van der Waals surface area (Å²) in [6, 6.07) is 5.48. The number of carbonyl (C=O) groups is 1. The highest BCUT2D eigenvalue weighted by Crippen LogP contribution is 2.29. The summed E-state index contributed by atoms with van der Waals surface area (Å²) >= 11 is 0. The van der Waals surface area contributed by atoms with Crippen LogP contribution in [0.25, 0.3) is 0 Å². The molecule has 168 valence electrons. The Bertz CT molecular complexity index is 725. The van der Waals surface area contributed by atoms with E-state index in [-0.39, 0.29) is 6.09 Å². The van der Waals surface area contributed by atoms with Gasteiger partial charge >= 0.3 is 6.09 Å². The van der Waals surface area contributed by atoms with E-state index in [2.05, 4.69) is 15.2 Å². The van der Waals surface area contributed by atoms with Crippen molar-refractivity contribution < 1.29 is 19.0 Å². The van der Waals surface area contributed by atoms with Gasteiger partial charge in [-0.2, -0.15) is 0 Å². The summed E-state index contributed by atoms with van der Waals surface area (Å²) in [5.74, 6) is 1.64. The van der Waals surface area contributed by atoms with Gasteiger partial charge in [-0.1, -0.05) is 0 Å². The minimum absolute atomic E-state index is 0.235. The molecule has 0 radical (unpaired) electrons. The number of benzene rings is 1. The minimum atomic E-state index is -0.461. The first-order chi connectivity index (χ1) is 14.2. The number of amides is 1. The van der Waals surface area contributed by atoms with Crippen LogP contribution in [-0.2, 0) is 4.74 Å². The third-order valence-corrected chi connectivity index (χ3v) is 4.59. The average molecular weight is 422 g/mol. The molecular weight excluding hydrogens is 386 g/mol. The van der Waals surface area contributed by atoms with E-state index in [1.807, 2.05) is 39.0 Å². The summed E-state index contributed by atoms with van der Waals surface area (Å²) in [6.45, 7) is 10.2. The maximum atomic E-state index is 12.1. The van der Waals surface area contributed by atoms with E-state index in [9.17, 15) is 4.79 Å². The molecule has 1 heterocycles. The number of hydrogen-bond donors (Lipinski definition) is 2. The van der Waals surface area contributed by atoms with Crippen LogP contribution < -0.4 is 20.5 Å². The molecule has 1 amide bonds. The molecule has 1 aliphatic rings. The molecular formula is C21H35N5O4. The Balaban J connectivity index is 1.70. The van der Waals surface area contributed by atoms with E-state index in [1.54, 1.807) is 19.1 Å². The maximum Gasteiger partial charge on any atom is 0.410 e. The zero-order valence-corrected chi connectivity index (χ0v) is 18.7. The Morgan fingerprint density at radius 1 is 1.13 bits per heavy atom. The van der Waals surface area contributed by atoms with Crippen molar-refractivity contribution in [1.82, 2.24) is 9.80 Å². The standard InChI is InChI=1S/C21H35N5O4/c1-21(2,3)30-20(27)26-13-11-25(12-14-26)10-6-9-23-19(22)24-16-7-8-17(28-4)18(15-16)29-5/h7-8,15H,6,9-14H2,1-5H3,(H3,22,23,24). The Kier molecular flexibility index (Phi) is 8.58. The van der Waals surface area contributed by atoms with Gasteiger partial charge in [0.25, 0.3) is 0 Å². The van der Waals surface area contributed by atoms with E-state index in [0.717, 1.165) is 31.7 Å². The lowest BCUT2D eigenvalue weighted by Gasteiger charge is -2.35. The second-order valence-electron chi connectivity index (χ2n) is 8.12. The molecule has 3 N–H and O–H groups in total. The van der Waals surface area contributed by atoms with Crippen LogP contribution in [0.15, 0.2) is 23.2 Å². The van der Waals surface area contributed by atoms with Crippen LogP contribution in [0.1, 0.15) is 27.2 Å². The molecule has 1 fully saturated rings. The van der Waals surface area contributed by atoms with E-state index in [4.69, 9.17) is 19.9 Å². The van der Waals surface area contributed by atoms with Crippen molar-refractivity contribution >= 4 is 17.7 Å². The molecule has 1 aromatic carbocycles. The molecule has 0 aliphatic carbocycles. The van der Waals surface area contributed by atoms with Crippen LogP contribution in [-0.4, -0.2) is 80.9 Å². The monoisotopic (exact) mass is 421 g/mol. The number of nitrogens with one attached hydrogen (secondary N) is 1. The zero-order chi connectivity index (χ0) is 22.1. The van der Waals surface area contributed by atoms with Crippen LogP contribution in [0, 0.1) is 0 Å². The summed E-state index contributed by atoms with van der Waals surface area (Å²) < 4.78 is 15.9. The molecule has 1 aliphatic heterocycles. The zero-order valence-electron chi connectivity index (χ0n) is 18.7. The molecule has 0 spiro atoms. The van der Waals surface area contributed by atoms with Crippen molar-refractivity contribution in [2.75, 3.05) is 58.8 Å². The Morgan fingerprint density at radius 3 is 2.40 bits per heavy atom. The second-order valence-corrected chi connectivity index (χ2v) is 8.12. The summed E-state index contributed by atoms with van der Waals surface area (Å²) in [5, 5.41) is 3.06. The van der Waals surface area contributed by atoms with Gasteiger partial charge in [0.1, 0.15) is 5.60 Å². The smallest absolute Gasteiger partial charge is 0.410 e. The Hall–Kier alpha value is -2.68. The van der Waals surface area contributed by atoms with Gasteiger partial charge in [0, 0.05) is 51.0 Å². The molecule has 0 atom stereocenters. The van der Waals surface area contributed by atoms with Gasteiger partial charge < -0.3 is 30.2 Å². The van der Waals surface area contributed by atoms with Gasteiger partial charge in [-0.25, -0.2) is 4.79 Å². The second kappa shape index (κ2) is 10.9. The summed E-state index contributed by atoms with van der Waals surface area (Å²) in [5.41, 5.74) is 6.31. The highest BCUT2D eigenvalue weighted by atomic mass is 16.6. The fraction of sp³-hybridized carbons (Fsp3) is 0.619. The first kappa shape index (κ1) is 23.6. The third-order valence-electron chi connectivity index (χ3n) is 4.59. The Labute approximate surface area is 179 Å². The van der Waals surface area contributed by atoms with Crippen LogP contribution in [0.2, 0.25) is 0 Å². The highest BCUT2D eigenvalue weighted by Gasteiger charge is 2.25. The molecule has 0 bridgehead atoms. The van der Waals surface area contributed by atoms with Gasteiger partial charge in [0.15, 0.2) is 17.5 Å². The fourth-order valence-corrected chi connectivity index (χ4v) is 3.08. The van der Waals surface area contributed by atoms with Crippen molar-refractivity contribution in [3.8, 4) is 11.5 Å². The highest BCUT2D eigenvalue weighted by molar-refractivity contribution is 5.92. The van der Waals surface area contributed by atoms with Gasteiger partial charge in [-0.05, 0) is 39.3 Å². The van der Waals surface area contributed by atoms with E-state index < -0.39 is 5.60 Å². The van der Waals surface area contributed by atoms with Crippen molar-refractivity contribution in [1.29, 1.82) is 0 Å². The van der Waals surface area contributed by atoms with Gasteiger partial charge in [0.2, 0.25) is 0 Å². The molecule has 30 heavy (non-hydrogen) atoms. The molecule has 9 nitrogen and oxygen atoms in total. The number of guanidine groups is 1. The lowest BCUT2D eigenvalue weighted by atomic mass is 10.2. The van der Waals surface area contributed by atoms with Gasteiger partial charge in [0.05, 0.1) is 14.2 Å². The number of nitrogens with zero attached hydrogens (tertiary/aromatic N) is 3. The number of rotatable bonds is 7. The number of aliphatic imine (C=N–C) groups is 1. The number of anilines is 1. The SMILES string of the molecule is COc1ccc(NC(N)=NCCCN2CCN(C(=O)OC(C)(C)C)CC2)cc1OC. The molecule has 9 heteroatoms. The Morgan fingerprint density at radius 2 is 1.80 bits per heavy atom. The predicted molar refractivity (Wildman–Crippen MR) is 119 cm³/mol. The molecule has 0 aromatic heterocycles. The van der Waals surface area contributed by atoms with Crippen LogP contribution in [0.3, 0.4) is 0 Å². The summed E-state index contributed by atoms with van der Waals surface area (Å²) in [6.07, 6.45) is 0.654. The average Bonchev–Trinajstić information content (AvgIpc) is 2.70. The first-order valence-corrected chi connectivity index (χ1v) is 10.2. The predicted octanol–water partition coefficient (Wildman–Crippen LogP) is 2.37. The van der Waals surface area contributed by atoms with E-state index in [0.29, 0.717) is 37.1 Å². The molecule has 1 saturated heterocycles. The topological polar surface area (TPSA) is 102 Å². The molecule has 0 saturated carbocycles. The first-order valence-electron chi connectivity index (χ1n) is 10.2. The quantitative estimate of drug-likeness (QED) is 0.396.